The molecule has 2 heteroatoms. The maximum atomic E-state index is 9.64. The second kappa shape index (κ2) is 5.42. The number of benzene rings is 1. The lowest BCUT2D eigenvalue weighted by atomic mass is 10.0. The number of rotatable bonds is 4. The van der Waals surface area contributed by atoms with Crippen molar-refractivity contribution < 1.29 is 5.11 Å². The molecule has 1 atom stereocenters. The van der Waals surface area contributed by atoms with Crippen LogP contribution in [0.2, 0.25) is 0 Å². The Labute approximate surface area is 90.5 Å². The molecule has 0 radical (unpaired) electrons. The van der Waals surface area contributed by atoms with Gasteiger partial charge in [-0.2, -0.15) is 11.8 Å². The molecular formula is C12H18OS. The van der Waals surface area contributed by atoms with Gasteiger partial charge in [0.2, 0.25) is 0 Å². The summed E-state index contributed by atoms with van der Waals surface area (Å²) >= 11 is 1.69. The average molecular weight is 210 g/mol. The van der Waals surface area contributed by atoms with E-state index in [1.807, 2.05) is 6.26 Å². The highest BCUT2D eigenvalue weighted by molar-refractivity contribution is 7.98. The Morgan fingerprint density at radius 2 is 2.00 bits per heavy atom. The van der Waals surface area contributed by atoms with Crippen LogP contribution in [-0.4, -0.2) is 23.2 Å². The molecule has 1 rings (SSSR count). The van der Waals surface area contributed by atoms with Crippen LogP contribution in [0.1, 0.15) is 16.7 Å². The molecule has 0 saturated heterocycles. The van der Waals surface area contributed by atoms with Gasteiger partial charge in [0, 0.05) is 5.75 Å². The third-order valence-electron chi connectivity index (χ3n) is 2.40. The normalized spacial score (nSPS) is 12.9. The molecule has 1 aromatic rings. The van der Waals surface area contributed by atoms with Crippen molar-refractivity contribution in [2.45, 2.75) is 26.4 Å². The van der Waals surface area contributed by atoms with Gasteiger partial charge in [0.25, 0.3) is 0 Å². The SMILES string of the molecule is CSCC(O)Cc1ccc(C)c(C)c1. The number of hydrogen-bond acceptors (Lipinski definition) is 2. The first kappa shape index (κ1) is 11.6. The minimum Gasteiger partial charge on any atom is -0.392 e. The Hall–Kier alpha value is -0.470. The third-order valence-corrected chi connectivity index (χ3v) is 3.12. The summed E-state index contributed by atoms with van der Waals surface area (Å²) in [7, 11) is 0. The maximum Gasteiger partial charge on any atom is 0.0670 e. The summed E-state index contributed by atoms with van der Waals surface area (Å²) in [6.45, 7) is 4.22. The van der Waals surface area contributed by atoms with Crippen LogP contribution >= 0.6 is 11.8 Å². The van der Waals surface area contributed by atoms with Gasteiger partial charge in [-0.1, -0.05) is 18.2 Å². The predicted molar refractivity (Wildman–Crippen MR) is 64.0 cm³/mol. The van der Waals surface area contributed by atoms with Crippen molar-refractivity contribution in [3.8, 4) is 0 Å². The predicted octanol–water partition coefficient (Wildman–Crippen LogP) is 2.57. The lowest BCUT2D eigenvalue weighted by Crippen LogP contribution is -2.13. The fourth-order valence-corrected chi connectivity index (χ4v) is 1.96. The van der Waals surface area contributed by atoms with E-state index >= 15 is 0 Å². The highest BCUT2D eigenvalue weighted by atomic mass is 32.2. The molecule has 0 spiro atoms. The number of aliphatic hydroxyl groups excluding tert-OH is 1. The Balaban J connectivity index is 2.63. The van der Waals surface area contributed by atoms with E-state index in [4.69, 9.17) is 0 Å². The van der Waals surface area contributed by atoms with Crippen LogP contribution < -0.4 is 0 Å². The maximum absolute atomic E-state index is 9.64. The summed E-state index contributed by atoms with van der Waals surface area (Å²) in [6.07, 6.45) is 2.57. The third kappa shape index (κ3) is 3.35. The van der Waals surface area contributed by atoms with E-state index in [-0.39, 0.29) is 6.10 Å². The van der Waals surface area contributed by atoms with Crippen molar-refractivity contribution in [1.29, 1.82) is 0 Å². The molecule has 78 valence electrons. The van der Waals surface area contributed by atoms with Crippen LogP contribution in [0.5, 0.6) is 0 Å². The van der Waals surface area contributed by atoms with Crippen LogP contribution in [0, 0.1) is 13.8 Å². The summed E-state index contributed by atoms with van der Waals surface area (Å²) < 4.78 is 0. The quantitative estimate of drug-likeness (QED) is 0.824. The Morgan fingerprint density at radius 3 is 2.57 bits per heavy atom. The second-order valence-corrected chi connectivity index (χ2v) is 4.64. The van der Waals surface area contributed by atoms with Crippen LogP contribution in [0.4, 0.5) is 0 Å². The van der Waals surface area contributed by atoms with Gasteiger partial charge in [-0.25, -0.2) is 0 Å². The van der Waals surface area contributed by atoms with E-state index in [0.717, 1.165) is 12.2 Å². The summed E-state index contributed by atoms with van der Waals surface area (Å²) in [5.41, 5.74) is 3.85. The first-order valence-electron chi connectivity index (χ1n) is 4.86. The smallest absolute Gasteiger partial charge is 0.0670 e. The van der Waals surface area contributed by atoms with Crippen LogP contribution in [0.25, 0.3) is 0 Å². The van der Waals surface area contributed by atoms with Crippen LogP contribution in [0.3, 0.4) is 0 Å². The van der Waals surface area contributed by atoms with Gasteiger partial charge in [-0.3, -0.25) is 0 Å². The molecule has 1 aromatic carbocycles. The lowest BCUT2D eigenvalue weighted by Gasteiger charge is -2.10. The van der Waals surface area contributed by atoms with E-state index in [2.05, 4.69) is 32.0 Å². The fraction of sp³-hybridized carbons (Fsp3) is 0.500. The zero-order chi connectivity index (χ0) is 10.6. The summed E-state index contributed by atoms with van der Waals surface area (Å²) in [5.74, 6) is 0.812. The molecule has 0 fully saturated rings. The molecule has 1 nitrogen and oxygen atoms in total. The van der Waals surface area contributed by atoms with Crippen molar-refractivity contribution in [1.82, 2.24) is 0 Å². The number of aryl methyl sites for hydroxylation is 2. The van der Waals surface area contributed by atoms with E-state index < -0.39 is 0 Å². The van der Waals surface area contributed by atoms with Gasteiger partial charge in [-0.15, -0.1) is 0 Å². The number of hydrogen-bond donors (Lipinski definition) is 1. The minimum atomic E-state index is -0.216. The van der Waals surface area contributed by atoms with E-state index in [1.54, 1.807) is 11.8 Å². The zero-order valence-electron chi connectivity index (χ0n) is 9.08. The molecule has 0 aliphatic rings. The first-order chi connectivity index (χ1) is 6.63. The summed E-state index contributed by atoms with van der Waals surface area (Å²) in [4.78, 5) is 0. The highest BCUT2D eigenvalue weighted by Gasteiger charge is 2.05. The van der Waals surface area contributed by atoms with Crippen molar-refractivity contribution in [2.75, 3.05) is 12.0 Å². The Kier molecular flexibility index (Phi) is 4.49. The molecule has 0 bridgehead atoms. The zero-order valence-corrected chi connectivity index (χ0v) is 9.90. The molecule has 1 N–H and O–H groups in total. The highest BCUT2D eigenvalue weighted by Crippen LogP contribution is 2.12. The van der Waals surface area contributed by atoms with Gasteiger partial charge in [0.05, 0.1) is 6.10 Å². The molecule has 0 aromatic heterocycles. The first-order valence-corrected chi connectivity index (χ1v) is 6.26. The number of thioether (sulfide) groups is 1. The standard InChI is InChI=1S/C12H18OS/c1-9-4-5-11(6-10(9)2)7-12(13)8-14-3/h4-6,12-13H,7-8H2,1-3H3. The lowest BCUT2D eigenvalue weighted by molar-refractivity contribution is 0.200. The molecule has 0 heterocycles. The second-order valence-electron chi connectivity index (χ2n) is 3.73. The molecule has 0 saturated carbocycles. The largest absolute Gasteiger partial charge is 0.392 e. The summed E-state index contributed by atoms with van der Waals surface area (Å²) in [5, 5.41) is 9.64. The van der Waals surface area contributed by atoms with E-state index in [1.165, 1.54) is 16.7 Å². The van der Waals surface area contributed by atoms with Crippen molar-refractivity contribution >= 4 is 11.8 Å². The molecule has 0 amide bonds. The Morgan fingerprint density at radius 1 is 1.29 bits per heavy atom. The van der Waals surface area contributed by atoms with Gasteiger partial charge >= 0.3 is 0 Å². The summed E-state index contributed by atoms with van der Waals surface area (Å²) in [6, 6.07) is 6.39. The van der Waals surface area contributed by atoms with Crippen LogP contribution in [0.15, 0.2) is 18.2 Å². The van der Waals surface area contributed by atoms with E-state index in [9.17, 15) is 5.11 Å². The van der Waals surface area contributed by atoms with Gasteiger partial charge < -0.3 is 5.11 Å². The van der Waals surface area contributed by atoms with Gasteiger partial charge in [0.1, 0.15) is 0 Å². The topological polar surface area (TPSA) is 20.2 Å². The fourth-order valence-electron chi connectivity index (χ4n) is 1.45. The van der Waals surface area contributed by atoms with Gasteiger partial charge in [-0.05, 0) is 43.2 Å². The Bertz CT molecular complexity index is 296. The number of aliphatic hydroxyl groups is 1. The molecule has 0 aliphatic heterocycles. The van der Waals surface area contributed by atoms with Crippen molar-refractivity contribution in [2.24, 2.45) is 0 Å². The van der Waals surface area contributed by atoms with Crippen molar-refractivity contribution in [3.63, 3.8) is 0 Å². The van der Waals surface area contributed by atoms with E-state index in [0.29, 0.717) is 0 Å². The minimum absolute atomic E-state index is 0.216. The average Bonchev–Trinajstić information content (AvgIpc) is 2.12. The van der Waals surface area contributed by atoms with Crippen LogP contribution in [-0.2, 0) is 6.42 Å². The molecule has 0 aliphatic carbocycles. The van der Waals surface area contributed by atoms with Gasteiger partial charge in [0.15, 0.2) is 0 Å². The monoisotopic (exact) mass is 210 g/mol. The molecular weight excluding hydrogens is 192 g/mol. The molecule has 14 heavy (non-hydrogen) atoms. The molecule has 1 unspecified atom stereocenters. The van der Waals surface area contributed by atoms with Crippen molar-refractivity contribution in [3.05, 3.63) is 34.9 Å².